The van der Waals surface area contributed by atoms with Crippen LogP contribution in [0.5, 0.6) is 0 Å². The molecule has 124 valence electrons. The summed E-state index contributed by atoms with van der Waals surface area (Å²) < 4.78 is 9.72. The standard InChI is InChI=1S/C18H17NO5/c20-16(24-15-8-10-23-18(15)22)7-9-19-17(21)14-6-5-12-3-1-2-4-13(12)11-14/h1-6,11,15H,7-10H2,(H,19,21)/t15-/m1/s1. The van der Waals surface area contributed by atoms with E-state index in [1.165, 1.54) is 0 Å². The number of cyclic esters (lactones) is 1. The molecule has 0 spiro atoms. The lowest BCUT2D eigenvalue weighted by molar-refractivity contribution is -0.160. The SMILES string of the molecule is O=C(CCNC(=O)c1ccc2ccccc2c1)O[C@@H]1CCOC1=O. The van der Waals surface area contributed by atoms with Gasteiger partial charge in [0.25, 0.3) is 5.91 Å². The molecule has 0 unspecified atom stereocenters. The topological polar surface area (TPSA) is 81.7 Å². The van der Waals surface area contributed by atoms with Gasteiger partial charge in [0.2, 0.25) is 6.10 Å². The maximum atomic E-state index is 12.1. The molecule has 6 heteroatoms. The van der Waals surface area contributed by atoms with Crippen LogP contribution >= 0.6 is 0 Å². The molecule has 0 saturated carbocycles. The molecule has 1 N–H and O–H groups in total. The first kappa shape index (κ1) is 16.0. The van der Waals surface area contributed by atoms with Gasteiger partial charge in [0.15, 0.2) is 0 Å². The second-order valence-electron chi connectivity index (χ2n) is 5.50. The highest BCUT2D eigenvalue weighted by Crippen LogP contribution is 2.15. The van der Waals surface area contributed by atoms with Crippen LogP contribution in [-0.2, 0) is 19.1 Å². The maximum Gasteiger partial charge on any atom is 0.347 e. The second-order valence-corrected chi connectivity index (χ2v) is 5.50. The van der Waals surface area contributed by atoms with E-state index in [1.54, 1.807) is 12.1 Å². The third-order valence-corrected chi connectivity index (χ3v) is 3.79. The van der Waals surface area contributed by atoms with Crippen LogP contribution in [0.15, 0.2) is 42.5 Å². The highest BCUT2D eigenvalue weighted by atomic mass is 16.6. The minimum Gasteiger partial charge on any atom is -0.463 e. The van der Waals surface area contributed by atoms with Gasteiger partial charge in [-0.15, -0.1) is 0 Å². The fourth-order valence-electron chi connectivity index (χ4n) is 2.51. The van der Waals surface area contributed by atoms with Crippen molar-refractivity contribution < 1.29 is 23.9 Å². The molecule has 1 heterocycles. The van der Waals surface area contributed by atoms with Gasteiger partial charge in [0.1, 0.15) is 0 Å². The Kier molecular flexibility index (Phi) is 4.74. The number of hydrogen-bond donors (Lipinski definition) is 1. The summed E-state index contributed by atoms with van der Waals surface area (Å²) in [4.78, 5) is 35.0. The van der Waals surface area contributed by atoms with E-state index in [0.717, 1.165) is 10.8 Å². The number of benzene rings is 2. The van der Waals surface area contributed by atoms with Gasteiger partial charge in [-0.3, -0.25) is 9.59 Å². The summed E-state index contributed by atoms with van der Waals surface area (Å²) in [6, 6.07) is 13.2. The fourth-order valence-corrected chi connectivity index (χ4v) is 2.51. The maximum absolute atomic E-state index is 12.1. The first-order valence-corrected chi connectivity index (χ1v) is 7.76. The normalized spacial score (nSPS) is 16.7. The highest BCUT2D eigenvalue weighted by Gasteiger charge is 2.29. The second kappa shape index (κ2) is 7.12. The van der Waals surface area contributed by atoms with Crippen LogP contribution in [0.3, 0.4) is 0 Å². The molecule has 1 aliphatic rings. The fraction of sp³-hybridized carbons (Fsp3) is 0.278. The molecule has 1 amide bonds. The van der Waals surface area contributed by atoms with Gasteiger partial charge in [-0.05, 0) is 22.9 Å². The van der Waals surface area contributed by atoms with E-state index in [2.05, 4.69) is 5.32 Å². The molecule has 1 atom stereocenters. The van der Waals surface area contributed by atoms with Crippen molar-refractivity contribution in [1.29, 1.82) is 0 Å². The Balaban J connectivity index is 1.49. The zero-order valence-electron chi connectivity index (χ0n) is 13.0. The number of hydrogen-bond acceptors (Lipinski definition) is 5. The number of nitrogens with one attached hydrogen (secondary N) is 1. The van der Waals surface area contributed by atoms with E-state index in [-0.39, 0.29) is 25.5 Å². The molecule has 2 aromatic carbocycles. The molecule has 1 fully saturated rings. The number of fused-ring (bicyclic) bond motifs is 1. The molecule has 1 aliphatic heterocycles. The molecule has 0 aliphatic carbocycles. The number of amides is 1. The molecule has 3 rings (SSSR count). The summed E-state index contributed by atoms with van der Waals surface area (Å²) in [7, 11) is 0. The number of carbonyl (C=O) groups is 3. The van der Waals surface area contributed by atoms with E-state index < -0.39 is 18.0 Å². The zero-order chi connectivity index (χ0) is 16.9. The molecular formula is C18H17NO5. The lowest BCUT2D eigenvalue weighted by atomic mass is 10.1. The van der Waals surface area contributed by atoms with Crippen LogP contribution in [0.4, 0.5) is 0 Å². The molecule has 2 aromatic rings. The van der Waals surface area contributed by atoms with Crippen molar-refractivity contribution in [2.24, 2.45) is 0 Å². The first-order valence-electron chi connectivity index (χ1n) is 7.76. The van der Waals surface area contributed by atoms with E-state index in [4.69, 9.17) is 9.47 Å². The molecule has 24 heavy (non-hydrogen) atoms. The van der Waals surface area contributed by atoms with Gasteiger partial charge >= 0.3 is 11.9 Å². The van der Waals surface area contributed by atoms with E-state index in [9.17, 15) is 14.4 Å². The van der Waals surface area contributed by atoms with Crippen molar-refractivity contribution >= 4 is 28.6 Å². The molecule has 0 radical (unpaired) electrons. The smallest absolute Gasteiger partial charge is 0.347 e. The van der Waals surface area contributed by atoms with Gasteiger partial charge in [-0.2, -0.15) is 0 Å². The summed E-state index contributed by atoms with van der Waals surface area (Å²) in [5.74, 6) is -1.30. The van der Waals surface area contributed by atoms with E-state index >= 15 is 0 Å². The van der Waals surface area contributed by atoms with Crippen LogP contribution in [0, 0.1) is 0 Å². The molecule has 0 aromatic heterocycles. The minimum atomic E-state index is -0.811. The van der Waals surface area contributed by atoms with Crippen LogP contribution in [0.25, 0.3) is 10.8 Å². The Bertz CT molecular complexity index is 786. The van der Waals surface area contributed by atoms with Crippen molar-refractivity contribution in [3.63, 3.8) is 0 Å². The largest absolute Gasteiger partial charge is 0.463 e. The Hall–Kier alpha value is -2.89. The summed E-state index contributed by atoms with van der Waals surface area (Å²) >= 11 is 0. The summed E-state index contributed by atoms with van der Waals surface area (Å²) in [6.07, 6.45) is -0.425. The van der Waals surface area contributed by atoms with Crippen molar-refractivity contribution in [2.75, 3.05) is 13.2 Å². The van der Waals surface area contributed by atoms with Crippen LogP contribution in [-0.4, -0.2) is 37.1 Å². The third-order valence-electron chi connectivity index (χ3n) is 3.79. The average Bonchev–Trinajstić information content (AvgIpc) is 2.99. The number of rotatable bonds is 5. The van der Waals surface area contributed by atoms with Crippen LogP contribution < -0.4 is 5.32 Å². The van der Waals surface area contributed by atoms with E-state index in [1.807, 2.05) is 30.3 Å². The summed E-state index contributed by atoms with van der Waals surface area (Å²) in [5.41, 5.74) is 0.529. The lowest BCUT2D eigenvalue weighted by Gasteiger charge is -2.09. The Morgan fingerprint density at radius 2 is 1.96 bits per heavy atom. The quantitative estimate of drug-likeness (QED) is 0.847. The Morgan fingerprint density at radius 3 is 2.71 bits per heavy atom. The van der Waals surface area contributed by atoms with Gasteiger partial charge in [0, 0.05) is 18.5 Å². The van der Waals surface area contributed by atoms with Gasteiger partial charge < -0.3 is 14.8 Å². The molecule has 0 bridgehead atoms. The monoisotopic (exact) mass is 327 g/mol. The van der Waals surface area contributed by atoms with Crippen LogP contribution in [0.2, 0.25) is 0 Å². The Labute approximate surface area is 138 Å². The van der Waals surface area contributed by atoms with E-state index in [0.29, 0.717) is 12.0 Å². The lowest BCUT2D eigenvalue weighted by Crippen LogP contribution is -2.28. The van der Waals surface area contributed by atoms with Crippen molar-refractivity contribution in [2.45, 2.75) is 18.9 Å². The number of carbonyl (C=O) groups excluding carboxylic acids is 3. The average molecular weight is 327 g/mol. The van der Waals surface area contributed by atoms with Crippen molar-refractivity contribution in [1.82, 2.24) is 5.32 Å². The minimum absolute atomic E-state index is 0.00308. The molecular weight excluding hydrogens is 310 g/mol. The summed E-state index contributed by atoms with van der Waals surface area (Å²) in [6.45, 7) is 0.418. The zero-order valence-corrected chi connectivity index (χ0v) is 13.0. The highest BCUT2D eigenvalue weighted by molar-refractivity contribution is 5.98. The Morgan fingerprint density at radius 1 is 1.17 bits per heavy atom. The number of ether oxygens (including phenoxy) is 2. The number of esters is 2. The van der Waals surface area contributed by atoms with Gasteiger partial charge in [-0.25, -0.2) is 4.79 Å². The molecule has 1 saturated heterocycles. The van der Waals surface area contributed by atoms with Crippen molar-refractivity contribution in [3.8, 4) is 0 Å². The summed E-state index contributed by atoms with van der Waals surface area (Å²) in [5, 5.41) is 4.71. The van der Waals surface area contributed by atoms with Gasteiger partial charge in [-0.1, -0.05) is 30.3 Å². The van der Waals surface area contributed by atoms with Crippen LogP contribution in [0.1, 0.15) is 23.2 Å². The third kappa shape index (κ3) is 3.71. The molecule has 6 nitrogen and oxygen atoms in total. The van der Waals surface area contributed by atoms with Crippen molar-refractivity contribution in [3.05, 3.63) is 48.0 Å². The predicted molar refractivity (Wildman–Crippen MR) is 86.4 cm³/mol. The van der Waals surface area contributed by atoms with Gasteiger partial charge in [0.05, 0.1) is 13.0 Å². The first-order chi connectivity index (χ1) is 11.6. The predicted octanol–water partition coefficient (Wildman–Crippen LogP) is 1.82.